The molecule has 1 rings (SSSR count). The number of aliphatic hydroxyl groups excluding tert-OH is 2. The fourth-order valence-electron chi connectivity index (χ4n) is 1.64. The Balaban J connectivity index is 2.17. The highest BCUT2D eigenvalue weighted by atomic mass is 16.3. The van der Waals surface area contributed by atoms with Crippen LogP contribution in [0.4, 0.5) is 0 Å². The maximum atomic E-state index is 9.23. The molecule has 0 radical (unpaired) electrons. The minimum absolute atomic E-state index is 0.131. The van der Waals surface area contributed by atoms with Gasteiger partial charge < -0.3 is 15.1 Å². The minimum Gasteiger partial charge on any atom is -0.394 e. The van der Waals surface area contributed by atoms with Crippen molar-refractivity contribution in [2.45, 2.75) is 13.0 Å². The molecular weight excluding hydrogens is 168 g/mol. The van der Waals surface area contributed by atoms with Gasteiger partial charge in [0.15, 0.2) is 0 Å². The maximum absolute atomic E-state index is 9.23. The molecule has 1 aliphatic heterocycles. The van der Waals surface area contributed by atoms with Gasteiger partial charge in [-0.05, 0) is 6.54 Å². The van der Waals surface area contributed by atoms with E-state index in [2.05, 4.69) is 16.7 Å². The van der Waals surface area contributed by atoms with E-state index in [0.717, 1.165) is 32.7 Å². The third-order valence-electron chi connectivity index (χ3n) is 2.59. The molecule has 13 heavy (non-hydrogen) atoms. The zero-order chi connectivity index (χ0) is 9.68. The van der Waals surface area contributed by atoms with Gasteiger partial charge in [0, 0.05) is 32.7 Å². The fraction of sp³-hybridized carbons (Fsp3) is 1.00. The van der Waals surface area contributed by atoms with Crippen LogP contribution in [0.1, 0.15) is 6.92 Å². The van der Waals surface area contributed by atoms with Crippen LogP contribution in [0.3, 0.4) is 0 Å². The molecule has 1 aliphatic rings. The standard InChI is InChI=1S/C9H20N2O2/c1-2-10-3-5-11(6-4-10)7-9(13)8-12/h9,12-13H,2-8H2,1H3/t9-/m0/s1. The van der Waals surface area contributed by atoms with E-state index in [1.165, 1.54) is 0 Å². The van der Waals surface area contributed by atoms with E-state index in [1.807, 2.05) is 0 Å². The topological polar surface area (TPSA) is 46.9 Å². The Labute approximate surface area is 79.8 Å². The number of rotatable bonds is 4. The van der Waals surface area contributed by atoms with Gasteiger partial charge in [0.25, 0.3) is 0 Å². The predicted octanol–water partition coefficient (Wildman–Crippen LogP) is -1.02. The number of hydrogen-bond donors (Lipinski definition) is 2. The molecule has 0 saturated carbocycles. The SMILES string of the molecule is CCN1CCN(C[C@H](O)CO)CC1. The van der Waals surface area contributed by atoms with Crippen LogP contribution >= 0.6 is 0 Å². The summed E-state index contributed by atoms with van der Waals surface area (Å²) in [6, 6.07) is 0. The van der Waals surface area contributed by atoms with Crippen LogP contribution in [0.5, 0.6) is 0 Å². The van der Waals surface area contributed by atoms with Gasteiger partial charge in [0.1, 0.15) is 0 Å². The number of piperazine rings is 1. The summed E-state index contributed by atoms with van der Waals surface area (Å²) in [6.07, 6.45) is -0.576. The quantitative estimate of drug-likeness (QED) is 0.593. The third-order valence-corrected chi connectivity index (χ3v) is 2.59. The zero-order valence-corrected chi connectivity index (χ0v) is 8.32. The lowest BCUT2D eigenvalue weighted by molar-refractivity contribution is 0.0404. The van der Waals surface area contributed by atoms with Crippen LogP contribution < -0.4 is 0 Å². The lowest BCUT2D eigenvalue weighted by atomic mass is 10.2. The van der Waals surface area contributed by atoms with Gasteiger partial charge in [-0.3, -0.25) is 4.90 Å². The first-order valence-corrected chi connectivity index (χ1v) is 5.00. The molecular formula is C9H20N2O2. The van der Waals surface area contributed by atoms with E-state index >= 15 is 0 Å². The number of β-amino-alcohol motifs (C(OH)–C–C–N with tert-alkyl or cyclic N) is 1. The van der Waals surface area contributed by atoms with Crippen LogP contribution in [-0.2, 0) is 0 Å². The molecule has 0 bridgehead atoms. The van der Waals surface area contributed by atoms with Crippen molar-refractivity contribution in [3.63, 3.8) is 0 Å². The Hall–Kier alpha value is -0.160. The highest BCUT2D eigenvalue weighted by molar-refractivity contribution is 4.72. The van der Waals surface area contributed by atoms with E-state index in [0.29, 0.717) is 6.54 Å². The molecule has 4 heteroatoms. The molecule has 1 saturated heterocycles. The Morgan fingerprint density at radius 1 is 1.15 bits per heavy atom. The van der Waals surface area contributed by atoms with E-state index < -0.39 is 6.10 Å². The minimum atomic E-state index is -0.576. The second-order valence-electron chi connectivity index (χ2n) is 3.57. The van der Waals surface area contributed by atoms with Crippen molar-refractivity contribution < 1.29 is 10.2 Å². The summed E-state index contributed by atoms with van der Waals surface area (Å²) in [6.45, 7) is 7.91. The van der Waals surface area contributed by atoms with Crippen LogP contribution in [0, 0.1) is 0 Å². The van der Waals surface area contributed by atoms with Gasteiger partial charge >= 0.3 is 0 Å². The van der Waals surface area contributed by atoms with Gasteiger partial charge in [-0.15, -0.1) is 0 Å². The smallest absolute Gasteiger partial charge is 0.0897 e. The summed E-state index contributed by atoms with van der Waals surface area (Å²) in [5.41, 5.74) is 0. The highest BCUT2D eigenvalue weighted by Gasteiger charge is 2.17. The molecule has 0 amide bonds. The van der Waals surface area contributed by atoms with Crippen molar-refractivity contribution in [1.29, 1.82) is 0 Å². The van der Waals surface area contributed by atoms with Gasteiger partial charge in [0.2, 0.25) is 0 Å². The fourth-order valence-corrected chi connectivity index (χ4v) is 1.64. The number of hydrogen-bond acceptors (Lipinski definition) is 4. The monoisotopic (exact) mass is 188 g/mol. The van der Waals surface area contributed by atoms with Crippen LogP contribution in [0.25, 0.3) is 0 Å². The van der Waals surface area contributed by atoms with E-state index in [4.69, 9.17) is 5.11 Å². The summed E-state index contributed by atoms with van der Waals surface area (Å²) < 4.78 is 0. The molecule has 0 aromatic carbocycles. The lowest BCUT2D eigenvalue weighted by Crippen LogP contribution is -2.48. The summed E-state index contributed by atoms with van der Waals surface area (Å²) >= 11 is 0. The Kier molecular flexibility index (Phi) is 4.66. The van der Waals surface area contributed by atoms with Crippen molar-refractivity contribution in [2.75, 3.05) is 45.9 Å². The summed E-state index contributed by atoms with van der Waals surface area (Å²) in [5.74, 6) is 0. The van der Waals surface area contributed by atoms with Gasteiger partial charge in [-0.1, -0.05) is 6.92 Å². The van der Waals surface area contributed by atoms with Crippen LogP contribution in [0.2, 0.25) is 0 Å². The maximum Gasteiger partial charge on any atom is 0.0897 e. The molecule has 1 fully saturated rings. The Morgan fingerprint density at radius 2 is 1.69 bits per heavy atom. The van der Waals surface area contributed by atoms with E-state index in [9.17, 15) is 5.11 Å². The molecule has 0 aliphatic carbocycles. The number of nitrogens with zero attached hydrogens (tertiary/aromatic N) is 2. The number of aliphatic hydroxyl groups is 2. The summed E-state index contributed by atoms with van der Waals surface area (Å²) in [4.78, 5) is 4.59. The first kappa shape index (κ1) is 10.9. The molecule has 0 spiro atoms. The van der Waals surface area contributed by atoms with E-state index in [1.54, 1.807) is 0 Å². The van der Waals surface area contributed by atoms with Crippen LogP contribution in [0.15, 0.2) is 0 Å². The number of likely N-dealkylation sites (N-methyl/N-ethyl adjacent to an activating group) is 1. The first-order chi connectivity index (χ1) is 6.26. The normalized spacial score (nSPS) is 23.3. The van der Waals surface area contributed by atoms with Gasteiger partial charge in [-0.2, -0.15) is 0 Å². The molecule has 4 nitrogen and oxygen atoms in total. The van der Waals surface area contributed by atoms with Crippen molar-refractivity contribution in [3.8, 4) is 0 Å². The zero-order valence-electron chi connectivity index (χ0n) is 8.32. The molecule has 2 N–H and O–H groups in total. The second-order valence-corrected chi connectivity index (χ2v) is 3.57. The average molecular weight is 188 g/mol. The van der Waals surface area contributed by atoms with Crippen LogP contribution in [-0.4, -0.2) is 72.0 Å². The lowest BCUT2D eigenvalue weighted by Gasteiger charge is -2.34. The predicted molar refractivity (Wildman–Crippen MR) is 51.6 cm³/mol. The van der Waals surface area contributed by atoms with Crippen molar-refractivity contribution >= 4 is 0 Å². The summed E-state index contributed by atoms with van der Waals surface area (Å²) in [7, 11) is 0. The molecule has 1 heterocycles. The van der Waals surface area contributed by atoms with Crippen molar-refractivity contribution in [3.05, 3.63) is 0 Å². The largest absolute Gasteiger partial charge is 0.394 e. The molecule has 0 aromatic heterocycles. The Morgan fingerprint density at radius 3 is 2.15 bits per heavy atom. The van der Waals surface area contributed by atoms with Crippen molar-refractivity contribution in [1.82, 2.24) is 9.80 Å². The summed E-state index contributed by atoms with van der Waals surface area (Å²) in [5, 5.41) is 17.9. The van der Waals surface area contributed by atoms with Crippen molar-refractivity contribution in [2.24, 2.45) is 0 Å². The molecule has 78 valence electrons. The highest BCUT2D eigenvalue weighted by Crippen LogP contribution is 2.01. The molecule has 1 atom stereocenters. The Bertz CT molecular complexity index is 136. The average Bonchev–Trinajstić information content (AvgIpc) is 2.19. The van der Waals surface area contributed by atoms with E-state index in [-0.39, 0.29) is 6.61 Å². The second kappa shape index (κ2) is 5.54. The van der Waals surface area contributed by atoms with Gasteiger partial charge in [0.05, 0.1) is 12.7 Å². The van der Waals surface area contributed by atoms with Gasteiger partial charge in [-0.25, -0.2) is 0 Å². The molecule has 0 aromatic rings. The first-order valence-electron chi connectivity index (χ1n) is 5.00. The molecule has 0 unspecified atom stereocenters. The third kappa shape index (κ3) is 3.60.